The van der Waals surface area contributed by atoms with Gasteiger partial charge in [0.25, 0.3) is 0 Å². The third kappa shape index (κ3) is 2.73. The first-order chi connectivity index (χ1) is 9.30. The molecule has 0 unspecified atom stereocenters. The fourth-order valence-electron chi connectivity index (χ4n) is 4.42. The molecule has 0 heteroatoms. The molecule has 2 saturated carbocycles. The van der Waals surface area contributed by atoms with Crippen molar-refractivity contribution >= 4 is 0 Å². The fraction of sp³-hybridized carbons (Fsp3) is 0.684. The third-order valence-corrected chi connectivity index (χ3v) is 5.61. The van der Waals surface area contributed by atoms with Gasteiger partial charge in [-0.05, 0) is 48.1 Å². The molecule has 0 aromatic heterocycles. The highest BCUT2D eigenvalue weighted by molar-refractivity contribution is 5.37. The van der Waals surface area contributed by atoms with Crippen molar-refractivity contribution in [1.29, 1.82) is 0 Å². The molecule has 1 aromatic rings. The van der Waals surface area contributed by atoms with E-state index in [0.29, 0.717) is 5.41 Å². The molecule has 19 heavy (non-hydrogen) atoms. The summed E-state index contributed by atoms with van der Waals surface area (Å²) in [6.45, 7) is 2.52. The number of rotatable bonds is 2. The summed E-state index contributed by atoms with van der Waals surface area (Å²) in [6.07, 6.45) is 14.3. The first-order valence-corrected chi connectivity index (χ1v) is 8.39. The molecular formula is C19H28. The summed E-state index contributed by atoms with van der Waals surface area (Å²) in [7, 11) is 0. The molecule has 0 radical (unpaired) electrons. The van der Waals surface area contributed by atoms with E-state index in [-0.39, 0.29) is 0 Å². The van der Waals surface area contributed by atoms with Crippen molar-refractivity contribution in [3.05, 3.63) is 35.4 Å². The van der Waals surface area contributed by atoms with E-state index in [4.69, 9.17) is 0 Å². The van der Waals surface area contributed by atoms with Gasteiger partial charge in [-0.1, -0.05) is 69.7 Å². The van der Waals surface area contributed by atoms with Crippen molar-refractivity contribution in [2.45, 2.75) is 82.5 Å². The van der Waals surface area contributed by atoms with Gasteiger partial charge in [-0.25, -0.2) is 0 Å². The molecule has 0 aliphatic heterocycles. The minimum Gasteiger partial charge on any atom is -0.0620 e. The molecule has 2 fully saturated rings. The van der Waals surface area contributed by atoms with Crippen LogP contribution in [0.5, 0.6) is 0 Å². The molecule has 0 amide bonds. The predicted molar refractivity (Wildman–Crippen MR) is 82.7 cm³/mol. The lowest BCUT2D eigenvalue weighted by molar-refractivity contribution is 0.313. The molecule has 1 aromatic carbocycles. The Morgan fingerprint density at radius 2 is 1.47 bits per heavy atom. The van der Waals surface area contributed by atoms with Gasteiger partial charge in [0.05, 0.1) is 0 Å². The highest BCUT2D eigenvalue weighted by Gasteiger charge is 2.32. The Bertz CT molecular complexity index is 406. The van der Waals surface area contributed by atoms with Crippen molar-refractivity contribution in [3.8, 4) is 0 Å². The zero-order valence-corrected chi connectivity index (χ0v) is 12.5. The van der Waals surface area contributed by atoms with E-state index in [0.717, 1.165) is 5.92 Å². The van der Waals surface area contributed by atoms with Crippen LogP contribution in [0.3, 0.4) is 0 Å². The van der Waals surface area contributed by atoms with Crippen LogP contribution < -0.4 is 0 Å². The quantitative estimate of drug-likeness (QED) is 0.612. The Kier molecular flexibility index (Phi) is 3.96. The van der Waals surface area contributed by atoms with Crippen LogP contribution in [0.4, 0.5) is 0 Å². The summed E-state index contributed by atoms with van der Waals surface area (Å²) in [5.74, 6) is 0.851. The Morgan fingerprint density at radius 3 is 2.21 bits per heavy atom. The average Bonchev–Trinajstić information content (AvgIpc) is 2.49. The van der Waals surface area contributed by atoms with Gasteiger partial charge in [-0.3, -0.25) is 0 Å². The van der Waals surface area contributed by atoms with Crippen LogP contribution in [0.2, 0.25) is 0 Å². The summed E-state index contributed by atoms with van der Waals surface area (Å²) in [6, 6.07) is 9.40. The standard InChI is InChI=1S/C19H28/c1-19(14-8-3-9-15-19)18-13-7-6-12-17(18)16-10-4-2-5-11-16/h6-7,12-13,16H,2-5,8-11,14-15H2,1H3. The monoisotopic (exact) mass is 256 g/mol. The largest absolute Gasteiger partial charge is 0.0620 e. The zero-order valence-electron chi connectivity index (χ0n) is 12.5. The van der Waals surface area contributed by atoms with Crippen molar-refractivity contribution < 1.29 is 0 Å². The summed E-state index contributed by atoms with van der Waals surface area (Å²) in [4.78, 5) is 0. The van der Waals surface area contributed by atoms with Gasteiger partial charge in [-0.2, -0.15) is 0 Å². The maximum Gasteiger partial charge on any atom is -0.00724 e. The van der Waals surface area contributed by atoms with Crippen LogP contribution in [0.1, 0.15) is 88.2 Å². The molecule has 0 bridgehead atoms. The van der Waals surface area contributed by atoms with Crippen molar-refractivity contribution in [1.82, 2.24) is 0 Å². The maximum atomic E-state index is 2.52. The minimum absolute atomic E-state index is 0.465. The fourth-order valence-corrected chi connectivity index (χ4v) is 4.42. The van der Waals surface area contributed by atoms with Gasteiger partial charge in [-0.15, -0.1) is 0 Å². The first-order valence-electron chi connectivity index (χ1n) is 8.39. The van der Waals surface area contributed by atoms with Crippen LogP contribution >= 0.6 is 0 Å². The zero-order chi connectivity index (χ0) is 13.1. The Balaban J connectivity index is 1.91. The second-order valence-electron chi connectivity index (χ2n) is 7.04. The second-order valence-corrected chi connectivity index (χ2v) is 7.04. The SMILES string of the molecule is CC1(c2ccccc2C2CCCCC2)CCCCC1. The Hall–Kier alpha value is -0.780. The van der Waals surface area contributed by atoms with Crippen molar-refractivity contribution in [3.63, 3.8) is 0 Å². The molecule has 2 aliphatic carbocycles. The van der Waals surface area contributed by atoms with Gasteiger partial charge in [0.1, 0.15) is 0 Å². The average molecular weight is 256 g/mol. The van der Waals surface area contributed by atoms with Gasteiger partial charge in [0, 0.05) is 0 Å². The summed E-state index contributed by atoms with van der Waals surface area (Å²) in [5.41, 5.74) is 3.86. The normalized spacial score (nSPS) is 24.3. The van der Waals surface area contributed by atoms with Gasteiger partial charge in [0.2, 0.25) is 0 Å². The lowest BCUT2D eigenvalue weighted by Gasteiger charge is -2.37. The molecule has 0 N–H and O–H groups in total. The third-order valence-electron chi connectivity index (χ3n) is 5.61. The van der Waals surface area contributed by atoms with Crippen molar-refractivity contribution in [2.24, 2.45) is 0 Å². The van der Waals surface area contributed by atoms with E-state index in [9.17, 15) is 0 Å². The van der Waals surface area contributed by atoms with Gasteiger partial charge >= 0.3 is 0 Å². The van der Waals surface area contributed by atoms with Gasteiger partial charge in [0.15, 0.2) is 0 Å². The molecule has 0 heterocycles. The van der Waals surface area contributed by atoms with Crippen LogP contribution in [-0.2, 0) is 5.41 Å². The lowest BCUT2D eigenvalue weighted by atomic mass is 9.67. The summed E-state index contributed by atoms with van der Waals surface area (Å²) >= 11 is 0. The van der Waals surface area contributed by atoms with E-state index in [1.165, 1.54) is 64.2 Å². The van der Waals surface area contributed by atoms with E-state index >= 15 is 0 Å². The number of benzene rings is 1. The summed E-state index contributed by atoms with van der Waals surface area (Å²) in [5, 5.41) is 0. The molecule has 0 spiro atoms. The Morgan fingerprint density at radius 1 is 0.842 bits per heavy atom. The van der Waals surface area contributed by atoms with E-state index in [2.05, 4.69) is 31.2 Å². The predicted octanol–water partition coefficient (Wildman–Crippen LogP) is 5.96. The second kappa shape index (κ2) is 5.69. The maximum absolute atomic E-state index is 2.52. The highest BCUT2D eigenvalue weighted by Crippen LogP contribution is 2.44. The van der Waals surface area contributed by atoms with Crippen LogP contribution in [0, 0.1) is 0 Å². The molecule has 0 atom stereocenters. The topological polar surface area (TPSA) is 0 Å². The van der Waals surface area contributed by atoms with Crippen LogP contribution in [0.25, 0.3) is 0 Å². The van der Waals surface area contributed by atoms with E-state index in [1.807, 2.05) is 0 Å². The lowest BCUT2D eigenvalue weighted by Crippen LogP contribution is -2.27. The smallest absolute Gasteiger partial charge is 0.00724 e. The number of hydrogen-bond donors (Lipinski definition) is 0. The summed E-state index contributed by atoms with van der Waals surface area (Å²) < 4.78 is 0. The molecule has 3 rings (SSSR count). The minimum atomic E-state index is 0.465. The highest BCUT2D eigenvalue weighted by atomic mass is 14.4. The van der Waals surface area contributed by atoms with Gasteiger partial charge < -0.3 is 0 Å². The molecule has 0 saturated heterocycles. The number of hydrogen-bond acceptors (Lipinski definition) is 0. The first kappa shape index (κ1) is 13.2. The van der Waals surface area contributed by atoms with Crippen molar-refractivity contribution in [2.75, 3.05) is 0 Å². The molecular weight excluding hydrogens is 228 g/mol. The van der Waals surface area contributed by atoms with E-state index < -0.39 is 0 Å². The molecule has 0 nitrogen and oxygen atoms in total. The van der Waals surface area contributed by atoms with E-state index in [1.54, 1.807) is 11.1 Å². The Labute approximate surface area is 118 Å². The van der Waals surface area contributed by atoms with Crippen LogP contribution in [-0.4, -0.2) is 0 Å². The van der Waals surface area contributed by atoms with Crippen LogP contribution in [0.15, 0.2) is 24.3 Å². The molecule has 2 aliphatic rings. The molecule has 104 valence electrons.